The van der Waals surface area contributed by atoms with Gasteiger partial charge in [0.1, 0.15) is 5.58 Å². The highest BCUT2D eigenvalue weighted by Crippen LogP contribution is 2.28. The molecular formula is C24H33N3O4. The highest BCUT2D eigenvalue weighted by Gasteiger charge is 2.26. The topological polar surface area (TPSA) is 66.2 Å². The molecule has 0 N–H and O–H groups in total. The molecule has 31 heavy (non-hydrogen) atoms. The number of ether oxygens (including phenoxy) is 1. The predicted octanol–water partition coefficient (Wildman–Crippen LogP) is 3.13. The van der Waals surface area contributed by atoms with E-state index >= 15 is 0 Å². The Labute approximate surface area is 183 Å². The second-order valence-corrected chi connectivity index (χ2v) is 8.47. The lowest BCUT2D eigenvalue weighted by atomic mass is 10.1. The molecule has 0 unspecified atom stereocenters. The molecule has 0 spiro atoms. The molecule has 2 aliphatic heterocycles. The van der Waals surface area contributed by atoms with Crippen LogP contribution in [0, 0.1) is 0 Å². The Kier molecular flexibility index (Phi) is 7.25. The number of piperazine rings is 1. The number of amides is 1. The number of carbonyl (C=O) groups excluding carboxylic acids is 2. The summed E-state index contributed by atoms with van der Waals surface area (Å²) in [5.74, 6) is 0.165. The summed E-state index contributed by atoms with van der Waals surface area (Å²) in [6.07, 6.45) is 4.72. The van der Waals surface area contributed by atoms with Crippen molar-refractivity contribution in [2.75, 3.05) is 52.4 Å². The van der Waals surface area contributed by atoms with E-state index in [1.807, 2.05) is 29.2 Å². The van der Waals surface area contributed by atoms with Gasteiger partial charge in [-0.1, -0.05) is 31.0 Å². The number of esters is 1. The fraction of sp³-hybridized carbons (Fsp3) is 0.583. The zero-order chi connectivity index (χ0) is 21.6. The van der Waals surface area contributed by atoms with Gasteiger partial charge in [0.25, 0.3) is 0 Å². The molecule has 1 aromatic carbocycles. The lowest BCUT2D eigenvalue weighted by molar-refractivity contribution is -0.132. The van der Waals surface area contributed by atoms with E-state index in [1.165, 1.54) is 12.8 Å². The van der Waals surface area contributed by atoms with Gasteiger partial charge < -0.3 is 14.1 Å². The molecule has 7 heteroatoms. The highest BCUT2D eigenvalue weighted by molar-refractivity contribution is 5.96. The van der Waals surface area contributed by atoms with Crippen LogP contribution in [-0.4, -0.2) is 79.0 Å². The number of furan rings is 1. The Hall–Kier alpha value is -2.38. The van der Waals surface area contributed by atoms with E-state index in [0.29, 0.717) is 31.0 Å². The Bertz CT molecular complexity index is 893. The van der Waals surface area contributed by atoms with E-state index < -0.39 is 5.97 Å². The van der Waals surface area contributed by atoms with Crippen molar-refractivity contribution in [1.29, 1.82) is 0 Å². The Morgan fingerprint density at radius 2 is 1.61 bits per heavy atom. The quantitative estimate of drug-likeness (QED) is 0.660. The van der Waals surface area contributed by atoms with Crippen LogP contribution in [0.5, 0.6) is 0 Å². The first-order valence-corrected chi connectivity index (χ1v) is 11.6. The molecule has 0 saturated carbocycles. The van der Waals surface area contributed by atoms with Gasteiger partial charge in [0.2, 0.25) is 11.7 Å². The third-order valence-electron chi connectivity index (χ3n) is 6.32. The third kappa shape index (κ3) is 5.28. The number of benzene rings is 1. The van der Waals surface area contributed by atoms with Crippen molar-refractivity contribution in [3.05, 3.63) is 35.6 Å². The molecule has 2 fully saturated rings. The number of hydrogen-bond acceptors (Lipinski definition) is 6. The number of likely N-dealkylation sites (tertiary alicyclic amines) is 1. The Morgan fingerprint density at radius 1 is 0.935 bits per heavy atom. The number of carbonyl (C=O) groups is 2. The first-order chi connectivity index (χ1) is 15.2. The van der Waals surface area contributed by atoms with Crippen molar-refractivity contribution in [3.8, 4) is 0 Å². The minimum atomic E-state index is -0.407. The van der Waals surface area contributed by atoms with E-state index in [9.17, 15) is 9.59 Å². The van der Waals surface area contributed by atoms with Crippen molar-refractivity contribution >= 4 is 22.8 Å². The van der Waals surface area contributed by atoms with Crippen LogP contribution in [0.4, 0.5) is 0 Å². The molecule has 3 heterocycles. The van der Waals surface area contributed by atoms with Crippen LogP contribution >= 0.6 is 0 Å². The number of para-hydroxylation sites is 1. The van der Waals surface area contributed by atoms with Crippen LogP contribution < -0.4 is 0 Å². The molecular weight excluding hydrogens is 394 g/mol. The van der Waals surface area contributed by atoms with Crippen LogP contribution in [0.15, 0.2) is 28.7 Å². The molecule has 0 bridgehead atoms. The second-order valence-electron chi connectivity index (χ2n) is 8.47. The van der Waals surface area contributed by atoms with Crippen LogP contribution in [0.1, 0.15) is 48.7 Å². The van der Waals surface area contributed by atoms with Crippen molar-refractivity contribution in [2.45, 2.75) is 39.2 Å². The standard InChI is InChI=1S/C24H33N3O4/c1-2-30-24(29)23-20(19-9-5-6-10-21(19)31-23)17-25-13-15-26(16-14-25)18-22(28)27-11-7-3-4-8-12-27/h5-6,9-10H,2-4,7-8,11-18H2,1H3. The summed E-state index contributed by atoms with van der Waals surface area (Å²) in [7, 11) is 0. The van der Waals surface area contributed by atoms with E-state index in [0.717, 1.165) is 63.1 Å². The summed E-state index contributed by atoms with van der Waals surface area (Å²) in [6, 6.07) is 7.74. The van der Waals surface area contributed by atoms with Gasteiger partial charge in [0.15, 0.2) is 0 Å². The molecule has 0 aliphatic carbocycles. The summed E-state index contributed by atoms with van der Waals surface area (Å²) in [4.78, 5) is 31.8. The summed E-state index contributed by atoms with van der Waals surface area (Å²) < 4.78 is 11.1. The van der Waals surface area contributed by atoms with Crippen LogP contribution in [-0.2, 0) is 16.1 Å². The SMILES string of the molecule is CCOC(=O)c1oc2ccccc2c1CN1CCN(CC(=O)N2CCCCCC2)CC1. The number of rotatable bonds is 6. The number of nitrogens with zero attached hydrogens (tertiary/aromatic N) is 3. The normalized spacial score (nSPS) is 18.8. The van der Waals surface area contributed by atoms with Gasteiger partial charge in [0.05, 0.1) is 13.2 Å². The van der Waals surface area contributed by atoms with Crippen molar-refractivity contribution in [2.24, 2.45) is 0 Å². The smallest absolute Gasteiger partial charge is 0.374 e. The maximum absolute atomic E-state index is 12.7. The third-order valence-corrected chi connectivity index (χ3v) is 6.32. The van der Waals surface area contributed by atoms with E-state index in [2.05, 4.69) is 9.80 Å². The largest absolute Gasteiger partial charge is 0.460 e. The maximum Gasteiger partial charge on any atom is 0.374 e. The van der Waals surface area contributed by atoms with Gasteiger partial charge >= 0.3 is 5.97 Å². The minimum Gasteiger partial charge on any atom is -0.460 e. The van der Waals surface area contributed by atoms with Gasteiger partial charge in [-0.25, -0.2) is 4.79 Å². The maximum atomic E-state index is 12.7. The zero-order valence-corrected chi connectivity index (χ0v) is 18.5. The number of fused-ring (bicyclic) bond motifs is 1. The zero-order valence-electron chi connectivity index (χ0n) is 18.5. The lowest BCUT2D eigenvalue weighted by Gasteiger charge is -2.35. The van der Waals surface area contributed by atoms with Gasteiger partial charge in [-0.2, -0.15) is 0 Å². The molecule has 0 atom stereocenters. The fourth-order valence-electron chi connectivity index (χ4n) is 4.56. The monoisotopic (exact) mass is 427 g/mol. The summed E-state index contributed by atoms with van der Waals surface area (Å²) >= 11 is 0. The summed E-state index contributed by atoms with van der Waals surface area (Å²) in [6.45, 7) is 8.49. The van der Waals surface area contributed by atoms with Crippen LogP contribution in [0.3, 0.4) is 0 Å². The average Bonchev–Trinajstić information content (AvgIpc) is 2.95. The molecule has 1 aromatic heterocycles. The van der Waals surface area contributed by atoms with Gasteiger partial charge in [-0.05, 0) is 25.8 Å². The minimum absolute atomic E-state index is 0.265. The fourth-order valence-corrected chi connectivity index (χ4v) is 4.56. The summed E-state index contributed by atoms with van der Waals surface area (Å²) in [5.41, 5.74) is 1.60. The molecule has 2 saturated heterocycles. The Balaban J connectivity index is 1.36. The Morgan fingerprint density at radius 3 is 2.32 bits per heavy atom. The van der Waals surface area contributed by atoms with Gasteiger partial charge in [-0.3, -0.25) is 14.6 Å². The molecule has 1 amide bonds. The predicted molar refractivity (Wildman–Crippen MR) is 119 cm³/mol. The van der Waals surface area contributed by atoms with E-state index in [1.54, 1.807) is 6.92 Å². The molecule has 0 radical (unpaired) electrons. The van der Waals surface area contributed by atoms with E-state index in [4.69, 9.17) is 9.15 Å². The van der Waals surface area contributed by atoms with Crippen LogP contribution in [0.2, 0.25) is 0 Å². The summed E-state index contributed by atoms with van der Waals surface area (Å²) in [5, 5.41) is 0.962. The average molecular weight is 428 g/mol. The van der Waals surface area contributed by atoms with Crippen molar-refractivity contribution in [1.82, 2.24) is 14.7 Å². The second kappa shape index (κ2) is 10.3. The lowest BCUT2D eigenvalue weighted by Crippen LogP contribution is -2.49. The first-order valence-electron chi connectivity index (χ1n) is 11.6. The van der Waals surface area contributed by atoms with Gasteiger partial charge in [0, 0.05) is 56.8 Å². The van der Waals surface area contributed by atoms with Crippen LogP contribution in [0.25, 0.3) is 11.0 Å². The molecule has 4 rings (SSSR count). The van der Waals surface area contributed by atoms with Crippen molar-refractivity contribution in [3.63, 3.8) is 0 Å². The van der Waals surface area contributed by atoms with Gasteiger partial charge in [-0.15, -0.1) is 0 Å². The highest BCUT2D eigenvalue weighted by atomic mass is 16.5. The molecule has 2 aliphatic rings. The molecule has 168 valence electrons. The first kappa shape index (κ1) is 21.8. The molecule has 7 nitrogen and oxygen atoms in total. The number of hydrogen-bond donors (Lipinski definition) is 0. The van der Waals surface area contributed by atoms with E-state index in [-0.39, 0.29) is 5.91 Å². The molecule has 2 aromatic rings. The van der Waals surface area contributed by atoms with Crippen molar-refractivity contribution < 1.29 is 18.7 Å².